The Morgan fingerprint density at radius 3 is 2.26 bits per heavy atom. The normalized spacial score (nSPS) is 23.6. The van der Waals surface area contributed by atoms with Crippen LogP contribution in [0.4, 0.5) is 5.88 Å². The molecule has 2 aliphatic heterocycles. The van der Waals surface area contributed by atoms with Crippen LogP contribution in [0.25, 0.3) is 11.5 Å². The lowest BCUT2D eigenvalue weighted by Gasteiger charge is -2.34. The van der Waals surface area contributed by atoms with Crippen molar-refractivity contribution in [1.29, 1.82) is 5.26 Å². The number of oxazole rings is 1. The summed E-state index contributed by atoms with van der Waals surface area (Å²) >= 11 is 0. The molecule has 166 valence electrons. The summed E-state index contributed by atoms with van der Waals surface area (Å²) in [5.41, 5.74) is 0.846. The van der Waals surface area contributed by atoms with Crippen molar-refractivity contribution in [1.82, 2.24) is 9.29 Å². The Morgan fingerprint density at radius 1 is 1.06 bits per heavy atom. The number of piperidine rings is 1. The van der Waals surface area contributed by atoms with Gasteiger partial charge in [-0.05, 0) is 56.9 Å². The minimum absolute atomic E-state index is 0.0195. The summed E-state index contributed by atoms with van der Waals surface area (Å²) in [7, 11) is -3.51. The van der Waals surface area contributed by atoms with Crippen molar-refractivity contribution < 1.29 is 17.6 Å². The monoisotopic (exact) mass is 444 g/mol. The zero-order chi connectivity index (χ0) is 22.2. The number of sulfonamides is 1. The third-order valence-electron chi connectivity index (χ3n) is 5.90. The molecule has 0 spiro atoms. The predicted octanol–water partition coefficient (Wildman–Crippen LogP) is 3.25. The van der Waals surface area contributed by atoms with Crippen LogP contribution in [0.1, 0.15) is 39.3 Å². The van der Waals surface area contributed by atoms with Gasteiger partial charge in [0.1, 0.15) is 6.07 Å². The van der Waals surface area contributed by atoms with E-state index in [2.05, 4.69) is 18.0 Å². The van der Waals surface area contributed by atoms with E-state index in [1.165, 1.54) is 0 Å². The first kappa shape index (κ1) is 21.8. The molecule has 2 fully saturated rings. The third-order valence-corrected chi connectivity index (χ3v) is 7.82. The van der Waals surface area contributed by atoms with Gasteiger partial charge in [0.2, 0.25) is 27.5 Å². The van der Waals surface area contributed by atoms with Gasteiger partial charge >= 0.3 is 0 Å². The molecule has 9 heteroatoms. The number of hydrogen-bond acceptors (Lipinski definition) is 7. The molecule has 0 unspecified atom stereocenters. The smallest absolute Gasteiger partial charge is 0.243 e. The van der Waals surface area contributed by atoms with E-state index in [4.69, 9.17) is 9.15 Å². The Hall–Kier alpha value is -2.41. The average molecular weight is 445 g/mol. The van der Waals surface area contributed by atoms with E-state index >= 15 is 0 Å². The number of benzene rings is 1. The van der Waals surface area contributed by atoms with Crippen LogP contribution in [-0.2, 0) is 14.8 Å². The highest BCUT2D eigenvalue weighted by Gasteiger charge is 2.30. The summed E-state index contributed by atoms with van der Waals surface area (Å²) < 4.78 is 39.1. The molecule has 0 N–H and O–H groups in total. The van der Waals surface area contributed by atoms with E-state index in [0.717, 1.165) is 12.8 Å². The predicted molar refractivity (Wildman–Crippen MR) is 116 cm³/mol. The average Bonchev–Trinajstić information content (AvgIpc) is 3.18. The van der Waals surface area contributed by atoms with Gasteiger partial charge < -0.3 is 14.1 Å². The number of rotatable bonds is 4. The molecule has 2 saturated heterocycles. The first-order chi connectivity index (χ1) is 14.8. The number of nitriles is 1. The molecular weight excluding hydrogens is 416 g/mol. The summed E-state index contributed by atoms with van der Waals surface area (Å²) in [4.78, 5) is 6.58. The molecule has 4 rings (SSSR count). The van der Waals surface area contributed by atoms with Crippen LogP contribution in [0, 0.1) is 17.2 Å². The zero-order valence-electron chi connectivity index (χ0n) is 18.1. The SMILES string of the molecule is CC1CCN(S(=O)(=O)c2ccc(-c3nc(C#N)c(N4C[C@@H](C)O[C@H](C)C4)o3)cc2)CC1. The van der Waals surface area contributed by atoms with E-state index in [1.54, 1.807) is 28.6 Å². The van der Waals surface area contributed by atoms with Crippen LogP contribution in [0.2, 0.25) is 0 Å². The Bertz CT molecular complexity index is 1060. The molecule has 1 aromatic carbocycles. The second-order valence-electron chi connectivity index (χ2n) is 8.56. The van der Waals surface area contributed by atoms with Gasteiger partial charge in [-0.3, -0.25) is 0 Å². The Labute approximate surface area is 183 Å². The number of hydrogen-bond donors (Lipinski definition) is 0. The van der Waals surface area contributed by atoms with Crippen LogP contribution >= 0.6 is 0 Å². The minimum atomic E-state index is -3.51. The maximum Gasteiger partial charge on any atom is 0.243 e. The molecule has 0 aliphatic carbocycles. The fourth-order valence-corrected chi connectivity index (χ4v) is 5.68. The summed E-state index contributed by atoms with van der Waals surface area (Å²) in [6, 6.07) is 8.63. The molecule has 2 atom stereocenters. The van der Waals surface area contributed by atoms with Gasteiger partial charge in [-0.25, -0.2) is 8.42 Å². The molecule has 3 heterocycles. The first-order valence-corrected chi connectivity index (χ1v) is 12.1. The van der Waals surface area contributed by atoms with Crippen molar-refractivity contribution in [2.24, 2.45) is 5.92 Å². The number of aromatic nitrogens is 1. The van der Waals surface area contributed by atoms with Crippen molar-refractivity contribution >= 4 is 15.9 Å². The molecule has 1 aromatic heterocycles. The van der Waals surface area contributed by atoms with E-state index < -0.39 is 10.0 Å². The van der Waals surface area contributed by atoms with E-state index in [1.807, 2.05) is 18.7 Å². The maximum atomic E-state index is 12.9. The van der Waals surface area contributed by atoms with Gasteiger partial charge in [0.05, 0.1) is 17.1 Å². The Balaban J connectivity index is 1.57. The van der Waals surface area contributed by atoms with Crippen LogP contribution in [0.5, 0.6) is 0 Å². The molecule has 0 amide bonds. The highest BCUT2D eigenvalue weighted by molar-refractivity contribution is 7.89. The quantitative estimate of drug-likeness (QED) is 0.714. The summed E-state index contributed by atoms with van der Waals surface area (Å²) in [5.74, 6) is 1.28. The largest absolute Gasteiger partial charge is 0.419 e. The van der Waals surface area contributed by atoms with Crippen molar-refractivity contribution in [2.75, 3.05) is 31.1 Å². The minimum Gasteiger partial charge on any atom is -0.419 e. The fourth-order valence-electron chi connectivity index (χ4n) is 4.21. The molecule has 0 bridgehead atoms. The van der Waals surface area contributed by atoms with Crippen molar-refractivity contribution in [2.45, 2.75) is 50.7 Å². The summed E-state index contributed by atoms with van der Waals surface area (Å²) in [6.07, 6.45) is 1.80. The second-order valence-corrected chi connectivity index (χ2v) is 10.5. The molecule has 31 heavy (non-hydrogen) atoms. The fraction of sp³-hybridized carbons (Fsp3) is 0.545. The lowest BCUT2D eigenvalue weighted by Crippen LogP contribution is -2.45. The molecule has 0 radical (unpaired) electrons. The summed E-state index contributed by atoms with van der Waals surface area (Å²) in [5, 5.41) is 9.54. The van der Waals surface area contributed by atoms with Crippen LogP contribution in [0.15, 0.2) is 33.6 Å². The van der Waals surface area contributed by atoms with Gasteiger partial charge in [-0.1, -0.05) is 6.92 Å². The van der Waals surface area contributed by atoms with Crippen LogP contribution < -0.4 is 4.90 Å². The molecule has 0 saturated carbocycles. The maximum absolute atomic E-state index is 12.9. The highest BCUT2D eigenvalue weighted by atomic mass is 32.2. The topological polar surface area (TPSA) is 99.7 Å². The van der Waals surface area contributed by atoms with Gasteiger partial charge in [0.15, 0.2) is 0 Å². The van der Waals surface area contributed by atoms with Gasteiger partial charge in [0, 0.05) is 31.7 Å². The standard InChI is InChI=1S/C22H28N4O4S/c1-15-8-10-26(11-9-15)31(27,28)19-6-4-18(5-7-19)21-24-20(12-23)22(30-21)25-13-16(2)29-17(3)14-25/h4-7,15-17H,8-11,13-14H2,1-3H3/t16-,17-/m1/s1. The van der Waals surface area contributed by atoms with Crippen molar-refractivity contribution in [3.05, 3.63) is 30.0 Å². The summed E-state index contributed by atoms with van der Waals surface area (Å²) in [6.45, 7) is 8.44. The molecular formula is C22H28N4O4S. The van der Waals surface area contributed by atoms with E-state index in [0.29, 0.717) is 49.4 Å². The first-order valence-electron chi connectivity index (χ1n) is 10.7. The van der Waals surface area contributed by atoms with Crippen molar-refractivity contribution in [3.63, 3.8) is 0 Å². The zero-order valence-corrected chi connectivity index (χ0v) is 18.9. The van der Waals surface area contributed by atoms with Gasteiger partial charge in [-0.2, -0.15) is 14.6 Å². The highest BCUT2D eigenvalue weighted by Crippen LogP contribution is 2.31. The number of ether oxygens (including phenoxy) is 1. The Kier molecular flexibility index (Phi) is 6.06. The molecule has 2 aromatic rings. The van der Waals surface area contributed by atoms with Gasteiger partial charge in [0.25, 0.3) is 0 Å². The molecule has 2 aliphatic rings. The van der Waals surface area contributed by atoms with Crippen LogP contribution in [0.3, 0.4) is 0 Å². The van der Waals surface area contributed by atoms with Crippen LogP contribution in [-0.4, -0.2) is 56.1 Å². The van der Waals surface area contributed by atoms with Crippen molar-refractivity contribution in [3.8, 4) is 17.5 Å². The van der Waals surface area contributed by atoms with Gasteiger partial charge in [-0.15, -0.1) is 0 Å². The van der Waals surface area contributed by atoms with E-state index in [-0.39, 0.29) is 22.8 Å². The second kappa shape index (κ2) is 8.61. The van der Waals surface area contributed by atoms with E-state index in [9.17, 15) is 13.7 Å². The Morgan fingerprint density at radius 2 is 1.68 bits per heavy atom. The third kappa shape index (κ3) is 4.47. The number of anilines is 1. The lowest BCUT2D eigenvalue weighted by atomic mass is 10.0. The number of morpholine rings is 1. The number of nitrogens with zero attached hydrogens (tertiary/aromatic N) is 4. The molecule has 8 nitrogen and oxygen atoms in total. The lowest BCUT2D eigenvalue weighted by molar-refractivity contribution is -0.00638.